The largest absolute Gasteiger partial charge is 0.309 e. The van der Waals surface area contributed by atoms with E-state index in [-0.39, 0.29) is 10.4 Å². The first-order valence-corrected chi connectivity index (χ1v) is 6.23. The van der Waals surface area contributed by atoms with Crippen molar-refractivity contribution in [2.24, 2.45) is 0 Å². The van der Waals surface area contributed by atoms with Crippen LogP contribution in [0.5, 0.6) is 0 Å². The van der Waals surface area contributed by atoms with Gasteiger partial charge in [0.25, 0.3) is 5.56 Å². The molecule has 1 N–H and O–H groups in total. The summed E-state index contributed by atoms with van der Waals surface area (Å²) in [6.45, 7) is 5.92. The van der Waals surface area contributed by atoms with Crippen LogP contribution in [-0.2, 0) is 0 Å². The maximum Gasteiger partial charge on any atom is 0.258 e. The number of fused-ring (bicyclic) bond motifs is 1. The van der Waals surface area contributed by atoms with Gasteiger partial charge in [-0.05, 0) is 19.1 Å². The number of nitrogens with one attached hydrogen (secondary N) is 1. The second kappa shape index (κ2) is 5.80. The standard InChI is InChI=1S/C10H9BrN2O.C2H6/c1-6(11)9-12-8-5-3-2-4-7(8)10(14)13-9;1-2/h2-6H,1H3,(H,12,13,14);1-2H3. The molecular formula is C12H15BrN2O. The summed E-state index contributed by atoms with van der Waals surface area (Å²) in [7, 11) is 0. The van der Waals surface area contributed by atoms with Gasteiger partial charge in [0.1, 0.15) is 5.82 Å². The Bertz CT molecular complexity index is 520. The van der Waals surface area contributed by atoms with Crippen molar-refractivity contribution in [1.29, 1.82) is 0 Å². The maximum atomic E-state index is 11.6. The highest BCUT2D eigenvalue weighted by Crippen LogP contribution is 2.17. The molecule has 1 aromatic heterocycles. The number of hydrogen-bond donors (Lipinski definition) is 1. The van der Waals surface area contributed by atoms with Crippen molar-refractivity contribution in [3.05, 3.63) is 40.4 Å². The van der Waals surface area contributed by atoms with Crippen LogP contribution in [0.3, 0.4) is 0 Å². The SMILES string of the molecule is CC.CC(Br)c1nc2ccccc2c(=O)[nH]1. The Morgan fingerprint density at radius 3 is 2.56 bits per heavy atom. The topological polar surface area (TPSA) is 45.8 Å². The molecule has 0 aliphatic heterocycles. The van der Waals surface area contributed by atoms with E-state index in [1.165, 1.54) is 0 Å². The minimum atomic E-state index is -0.0862. The number of nitrogens with zero attached hydrogens (tertiary/aromatic N) is 1. The Hall–Kier alpha value is -1.16. The van der Waals surface area contributed by atoms with Crippen LogP contribution in [0.15, 0.2) is 29.1 Å². The number of aromatic nitrogens is 2. The summed E-state index contributed by atoms with van der Waals surface area (Å²) in [6.07, 6.45) is 0. The molecule has 0 fully saturated rings. The Kier molecular flexibility index (Phi) is 4.68. The lowest BCUT2D eigenvalue weighted by molar-refractivity contribution is 0.936. The average molecular weight is 283 g/mol. The van der Waals surface area contributed by atoms with E-state index in [9.17, 15) is 4.79 Å². The zero-order chi connectivity index (χ0) is 12.1. The first kappa shape index (κ1) is 12.9. The van der Waals surface area contributed by atoms with Crippen LogP contribution in [0.25, 0.3) is 10.9 Å². The van der Waals surface area contributed by atoms with E-state index in [2.05, 4.69) is 25.9 Å². The molecule has 0 radical (unpaired) electrons. The van der Waals surface area contributed by atoms with Gasteiger partial charge < -0.3 is 4.98 Å². The van der Waals surface area contributed by atoms with Gasteiger partial charge in [-0.15, -0.1) is 0 Å². The Balaban J connectivity index is 0.000000606. The first-order valence-electron chi connectivity index (χ1n) is 5.31. The highest BCUT2D eigenvalue weighted by atomic mass is 79.9. The van der Waals surface area contributed by atoms with Gasteiger partial charge in [0.15, 0.2) is 0 Å². The molecule has 2 rings (SSSR count). The summed E-state index contributed by atoms with van der Waals surface area (Å²) in [5, 5.41) is 0.629. The number of aromatic amines is 1. The fourth-order valence-electron chi connectivity index (χ4n) is 1.29. The Labute approximate surface area is 103 Å². The van der Waals surface area contributed by atoms with Gasteiger partial charge in [0.2, 0.25) is 0 Å². The molecule has 1 unspecified atom stereocenters. The molecule has 3 nitrogen and oxygen atoms in total. The maximum absolute atomic E-state index is 11.6. The zero-order valence-corrected chi connectivity index (χ0v) is 11.2. The molecule has 0 saturated carbocycles. The minimum Gasteiger partial charge on any atom is -0.309 e. The van der Waals surface area contributed by atoms with Crippen molar-refractivity contribution < 1.29 is 0 Å². The van der Waals surface area contributed by atoms with Gasteiger partial charge in [0, 0.05) is 0 Å². The average Bonchev–Trinajstić information content (AvgIpc) is 2.31. The molecule has 4 heteroatoms. The van der Waals surface area contributed by atoms with Crippen molar-refractivity contribution in [3.8, 4) is 0 Å². The quantitative estimate of drug-likeness (QED) is 0.815. The molecule has 1 heterocycles. The lowest BCUT2D eigenvalue weighted by Gasteiger charge is -2.03. The van der Waals surface area contributed by atoms with E-state index in [0.717, 1.165) is 5.52 Å². The molecule has 1 aromatic carbocycles. The van der Waals surface area contributed by atoms with Gasteiger partial charge in [-0.1, -0.05) is 41.9 Å². The number of benzene rings is 1. The first-order chi connectivity index (χ1) is 7.68. The van der Waals surface area contributed by atoms with Crippen LogP contribution in [0.1, 0.15) is 31.4 Å². The van der Waals surface area contributed by atoms with Crippen molar-refractivity contribution in [1.82, 2.24) is 9.97 Å². The van der Waals surface area contributed by atoms with Crippen LogP contribution in [0.4, 0.5) is 0 Å². The smallest absolute Gasteiger partial charge is 0.258 e. The second-order valence-electron chi connectivity index (χ2n) is 3.08. The molecule has 16 heavy (non-hydrogen) atoms. The van der Waals surface area contributed by atoms with Gasteiger partial charge in [-0.25, -0.2) is 4.98 Å². The van der Waals surface area contributed by atoms with E-state index in [0.29, 0.717) is 11.2 Å². The van der Waals surface area contributed by atoms with Gasteiger partial charge >= 0.3 is 0 Å². The molecule has 0 bridgehead atoms. The number of rotatable bonds is 1. The summed E-state index contributed by atoms with van der Waals surface area (Å²) in [6, 6.07) is 7.31. The molecule has 0 amide bonds. The Morgan fingerprint density at radius 1 is 1.31 bits per heavy atom. The van der Waals surface area contributed by atoms with E-state index in [4.69, 9.17) is 0 Å². The molecule has 86 valence electrons. The summed E-state index contributed by atoms with van der Waals surface area (Å²) >= 11 is 3.37. The number of alkyl halides is 1. The van der Waals surface area contributed by atoms with Crippen molar-refractivity contribution in [2.45, 2.75) is 25.6 Å². The van der Waals surface area contributed by atoms with E-state index < -0.39 is 0 Å². The van der Waals surface area contributed by atoms with Gasteiger partial charge in [-0.2, -0.15) is 0 Å². The minimum absolute atomic E-state index is 0.0554. The van der Waals surface area contributed by atoms with Crippen molar-refractivity contribution >= 4 is 26.8 Å². The van der Waals surface area contributed by atoms with E-state index in [1.54, 1.807) is 6.07 Å². The number of hydrogen-bond acceptors (Lipinski definition) is 2. The summed E-state index contributed by atoms with van der Waals surface area (Å²) < 4.78 is 0. The molecular weight excluding hydrogens is 268 g/mol. The monoisotopic (exact) mass is 282 g/mol. The predicted molar refractivity (Wildman–Crippen MR) is 71.1 cm³/mol. The van der Waals surface area contributed by atoms with Crippen LogP contribution in [0.2, 0.25) is 0 Å². The molecule has 2 aromatic rings. The van der Waals surface area contributed by atoms with Crippen molar-refractivity contribution in [2.75, 3.05) is 0 Å². The highest BCUT2D eigenvalue weighted by Gasteiger charge is 2.06. The molecule has 0 aliphatic rings. The zero-order valence-electron chi connectivity index (χ0n) is 9.62. The third-order valence-corrected chi connectivity index (χ3v) is 2.44. The van der Waals surface area contributed by atoms with Gasteiger partial charge in [0.05, 0.1) is 15.7 Å². The van der Waals surface area contributed by atoms with Crippen LogP contribution in [-0.4, -0.2) is 9.97 Å². The third kappa shape index (κ3) is 2.70. The summed E-state index contributed by atoms with van der Waals surface area (Å²) in [5.74, 6) is 0.661. The van der Waals surface area contributed by atoms with Gasteiger partial charge in [-0.3, -0.25) is 4.79 Å². The third-order valence-electron chi connectivity index (χ3n) is 2.01. The summed E-state index contributed by atoms with van der Waals surface area (Å²) in [5.41, 5.74) is 0.648. The number of halogens is 1. The highest BCUT2D eigenvalue weighted by molar-refractivity contribution is 9.09. The molecule has 0 saturated heterocycles. The predicted octanol–water partition coefficient (Wildman–Crippen LogP) is 3.41. The number of H-pyrrole nitrogens is 1. The molecule has 1 atom stereocenters. The lowest BCUT2D eigenvalue weighted by atomic mass is 10.2. The van der Waals surface area contributed by atoms with E-state index >= 15 is 0 Å². The van der Waals surface area contributed by atoms with Crippen LogP contribution < -0.4 is 5.56 Å². The van der Waals surface area contributed by atoms with E-state index in [1.807, 2.05) is 39.0 Å². The normalized spacial score (nSPS) is 11.8. The molecule has 0 aliphatic carbocycles. The van der Waals surface area contributed by atoms with Crippen LogP contribution >= 0.6 is 15.9 Å². The fourth-order valence-corrected chi connectivity index (χ4v) is 1.51. The lowest BCUT2D eigenvalue weighted by Crippen LogP contribution is -2.11. The number of para-hydroxylation sites is 1. The summed E-state index contributed by atoms with van der Waals surface area (Å²) in [4.78, 5) is 18.7. The fraction of sp³-hybridized carbons (Fsp3) is 0.333. The van der Waals surface area contributed by atoms with Crippen LogP contribution in [0, 0.1) is 0 Å². The Morgan fingerprint density at radius 2 is 1.94 bits per heavy atom. The second-order valence-corrected chi connectivity index (χ2v) is 4.46. The van der Waals surface area contributed by atoms with Crippen molar-refractivity contribution in [3.63, 3.8) is 0 Å². The molecule has 0 spiro atoms.